The van der Waals surface area contributed by atoms with Gasteiger partial charge < -0.3 is 4.57 Å². The highest BCUT2D eigenvalue weighted by Gasteiger charge is 2.07. The zero-order valence-corrected chi connectivity index (χ0v) is 10.0. The van der Waals surface area contributed by atoms with Crippen LogP contribution in [0.1, 0.15) is 5.56 Å². The van der Waals surface area contributed by atoms with Gasteiger partial charge in [0.15, 0.2) is 0 Å². The Morgan fingerprint density at radius 1 is 1.00 bits per heavy atom. The molecule has 1 aromatic heterocycles. The van der Waals surface area contributed by atoms with Crippen molar-refractivity contribution >= 4 is 11.0 Å². The van der Waals surface area contributed by atoms with Crippen LogP contribution in [0.15, 0.2) is 48.8 Å². The molecule has 0 unspecified atom stereocenters. The molecule has 2 aromatic carbocycles. The Bertz CT molecular complexity index is 663. The summed E-state index contributed by atoms with van der Waals surface area (Å²) >= 11 is 0. The number of aromatic nitrogens is 2. The monoisotopic (exact) mass is 222 g/mol. The van der Waals surface area contributed by atoms with Gasteiger partial charge in [0, 0.05) is 12.6 Å². The lowest BCUT2D eigenvalue weighted by atomic mass is 10.0. The van der Waals surface area contributed by atoms with E-state index in [9.17, 15) is 0 Å². The van der Waals surface area contributed by atoms with Gasteiger partial charge in [-0.15, -0.1) is 0 Å². The van der Waals surface area contributed by atoms with E-state index < -0.39 is 0 Å². The fourth-order valence-electron chi connectivity index (χ4n) is 2.18. The largest absolute Gasteiger partial charge is 0.333 e. The van der Waals surface area contributed by atoms with Crippen LogP contribution in [0.5, 0.6) is 0 Å². The molecule has 0 fully saturated rings. The molecule has 1 heterocycles. The molecule has 0 spiro atoms. The minimum Gasteiger partial charge on any atom is -0.333 e. The van der Waals surface area contributed by atoms with Gasteiger partial charge >= 0.3 is 0 Å². The first-order valence-electron chi connectivity index (χ1n) is 5.73. The summed E-state index contributed by atoms with van der Waals surface area (Å²) in [6, 6.07) is 14.9. The van der Waals surface area contributed by atoms with Crippen molar-refractivity contribution < 1.29 is 0 Å². The highest BCUT2D eigenvalue weighted by molar-refractivity contribution is 5.92. The predicted octanol–water partition coefficient (Wildman–Crippen LogP) is 3.55. The summed E-state index contributed by atoms with van der Waals surface area (Å²) in [6.07, 6.45) is 1.86. The van der Waals surface area contributed by atoms with E-state index in [0.717, 1.165) is 5.52 Å². The Hall–Kier alpha value is -2.09. The van der Waals surface area contributed by atoms with Crippen LogP contribution >= 0.6 is 0 Å². The molecule has 2 heteroatoms. The Morgan fingerprint density at radius 2 is 1.76 bits per heavy atom. The quantitative estimate of drug-likeness (QED) is 0.615. The third-order valence-electron chi connectivity index (χ3n) is 3.10. The first-order valence-corrected chi connectivity index (χ1v) is 5.73. The van der Waals surface area contributed by atoms with Crippen LogP contribution in [0, 0.1) is 6.92 Å². The van der Waals surface area contributed by atoms with Gasteiger partial charge in [-0.3, -0.25) is 0 Å². The van der Waals surface area contributed by atoms with E-state index in [-0.39, 0.29) is 0 Å². The maximum Gasteiger partial charge on any atom is 0.0955 e. The lowest BCUT2D eigenvalue weighted by Crippen LogP contribution is -1.88. The number of aryl methyl sites for hydroxylation is 2. The maximum absolute atomic E-state index is 4.38. The zero-order chi connectivity index (χ0) is 11.8. The van der Waals surface area contributed by atoms with E-state index in [4.69, 9.17) is 0 Å². The third-order valence-corrected chi connectivity index (χ3v) is 3.10. The summed E-state index contributed by atoms with van der Waals surface area (Å²) < 4.78 is 2.07. The second-order valence-corrected chi connectivity index (χ2v) is 4.39. The standard InChI is InChI=1S/C15H14N2/c1-11-6-8-12(9-7-11)13-4-3-5-14-15(13)17(2)10-16-14/h3-10H,1-2H3. The van der Waals surface area contributed by atoms with Gasteiger partial charge in [-0.2, -0.15) is 0 Å². The molecule has 0 amide bonds. The van der Waals surface area contributed by atoms with Gasteiger partial charge in [-0.1, -0.05) is 42.0 Å². The number of imidazole rings is 1. The summed E-state index contributed by atoms with van der Waals surface area (Å²) in [4.78, 5) is 4.38. The van der Waals surface area contributed by atoms with Crippen molar-refractivity contribution in [1.82, 2.24) is 9.55 Å². The van der Waals surface area contributed by atoms with Crippen molar-refractivity contribution in [2.75, 3.05) is 0 Å². The van der Waals surface area contributed by atoms with Crippen LogP contribution < -0.4 is 0 Å². The highest BCUT2D eigenvalue weighted by Crippen LogP contribution is 2.27. The third kappa shape index (κ3) is 1.62. The van der Waals surface area contributed by atoms with Crippen LogP contribution in [0.2, 0.25) is 0 Å². The minimum atomic E-state index is 1.05. The average Bonchev–Trinajstić information content (AvgIpc) is 2.73. The molecule has 17 heavy (non-hydrogen) atoms. The van der Waals surface area contributed by atoms with E-state index in [0.29, 0.717) is 0 Å². The molecular formula is C15H14N2. The second-order valence-electron chi connectivity index (χ2n) is 4.39. The number of hydrogen-bond acceptors (Lipinski definition) is 1. The lowest BCUT2D eigenvalue weighted by molar-refractivity contribution is 0.948. The van der Waals surface area contributed by atoms with E-state index in [1.807, 2.05) is 19.4 Å². The zero-order valence-electron chi connectivity index (χ0n) is 10.0. The topological polar surface area (TPSA) is 17.8 Å². The van der Waals surface area contributed by atoms with Crippen LogP contribution in [0.4, 0.5) is 0 Å². The number of rotatable bonds is 1. The Kier molecular flexibility index (Phi) is 2.22. The lowest BCUT2D eigenvalue weighted by Gasteiger charge is -2.05. The van der Waals surface area contributed by atoms with E-state index in [1.54, 1.807) is 0 Å². The van der Waals surface area contributed by atoms with Crippen molar-refractivity contribution in [2.45, 2.75) is 6.92 Å². The summed E-state index contributed by atoms with van der Waals surface area (Å²) in [7, 11) is 2.03. The molecule has 0 bridgehead atoms. The molecule has 0 N–H and O–H groups in total. The number of hydrogen-bond donors (Lipinski definition) is 0. The SMILES string of the molecule is Cc1ccc(-c2cccc3ncn(C)c23)cc1. The minimum absolute atomic E-state index is 1.05. The summed E-state index contributed by atoms with van der Waals surface area (Å²) in [5, 5.41) is 0. The first-order chi connectivity index (χ1) is 8.25. The average molecular weight is 222 g/mol. The van der Waals surface area contributed by atoms with Crippen LogP contribution in [-0.4, -0.2) is 9.55 Å². The second kappa shape index (κ2) is 3.74. The molecule has 0 saturated carbocycles. The van der Waals surface area contributed by atoms with Crippen molar-refractivity contribution in [3.8, 4) is 11.1 Å². The van der Waals surface area contributed by atoms with E-state index in [1.165, 1.54) is 22.2 Å². The van der Waals surface area contributed by atoms with Crippen molar-refractivity contribution in [3.05, 3.63) is 54.4 Å². The molecule has 3 aromatic rings. The molecule has 2 nitrogen and oxygen atoms in total. The van der Waals surface area contributed by atoms with Crippen molar-refractivity contribution in [3.63, 3.8) is 0 Å². The fraction of sp³-hybridized carbons (Fsp3) is 0.133. The molecule has 0 atom stereocenters. The van der Waals surface area contributed by atoms with Crippen LogP contribution in [0.3, 0.4) is 0 Å². The summed E-state index contributed by atoms with van der Waals surface area (Å²) in [5.74, 6) is 0. The number of benzene rings is 2. The van der Waals surface area contributed by atoms with Gasteiger partial charge in [-0.25, -0.2) is 4.98 Å². The van der Waals surface area contributed by atoms with Gasteiger partial charge in [0.05, 0.1) is 17.4 Å². The van der Waals surface area contributed by atoms with Gasteiger partial charge in [-0.05, 0) is 18.6 Å². The Labute approximate surface area is 101 Å². The number of para-hydroxylation sites is 1. The summed E-state index contributed by atoms with van der Waals surface area (Å²) in [6.45, 7) is 2.11. The Morgan fingerprint density at radius 3 is 2.53 bits per heavy atom. The Balaban J connectivity index is 2.29. The molecule has 0 saturated heterocycles. The van der Waals surface area contributed by atoms with Gasteiger partial charge in [0.25, 0.3) is 0 Å². The van der Waals surface area contributed by atoms with Crippen molar-refractivity contribution in [2.24, 2.45) is 7.05 Å². The van der Waals surface area contributed by atoms with Gasteiger partial charge in [0.1, 0.15) is 0 Å². The predicted molar refractivity (Wildman–Crippen MR) is 70.9 cm³/mol. The molecule has 3 rings (SSSR count). The highest BCUT2D eigenvalue weighted by atomic mass is 15.0. The normalized spacial score (nSPS) is 10.9. The molecule has 0 aliphatic rings. The summed E-state index contributed by atoms with van der Waals surface area (Å²) in [5.41, 5.74) is 6.00. The van der Waals surface area contributed by atoms with E-state index in [2.05, 4.69) is 52.9 Å². The molecular weight excluding hydrogens is 208 g/mol. The van der Waals surface area contributed by atoms with Crippen LogP contribution in [-0.2, 0) is 7.05 Å². The molecule has 84 valence electrons. The van der Waals surface area contributed by atoms with Crippen LogP contribution in [0.25, 0.3) is 22.2 Å². The first kappa shape index (κ1) is 10.1. The smallest absolute Gasteiger partial charge is 0.0955 e. The molecule has 0 aliphatic carbocycles. The number of nitrogens with zero attached hydrogens (tertiary/aromatic N) is 2. The molecule has 0 aliphatic heterocycles. The van der Waals surface area contributed by atoms with Gasteiger partial charge in [0.2, 0.25) is 0 Å². The fourth-order valence-corrected chi connectivity index (χ4v) is 2.18. The maximum atomic E-state index is 4.38. The molecule has 0 radical (unpaired) electrons. The van der Waals surface area contributed by atoms with E-state index >= 15 is 0 Å². The number of fused-ring (bicyclic) bond motifs is 1. The van der Waals surface area contributed by atoms with Crippen molar-refractivity contribution in [1.29, 1.82) is 0 Å².